The van der Waals surface area contributed by atoms with Gasteiger partial charge in [-0.15, -0.1) is 0 Å². The standard InChI is InChI=1S/C16H13N5O/c1-22-16-12(8-18)14(11(7-17)15(19)21-16)10-3-2-9-4-5-20-13(9)6-10/h2-3,6,20H,4-5H2,1H3,(H2,19,21). The summed E-state index contributed by atoms with van der Waals surface area (Å²) in [4.78, 5) is 3.99. The second kappa shape index (κ2) is 5.27. The number of nitrogens with one attached hydrogen (secondary N) is 1. The molecule has 0 fully saturated rings. The third kappa shape index (κ3) is 1.99. The minimum Gasteiger partial charge on any atom is -0.480 e. The van der Waals surface area contributed by atoms with Crippen LogP contribution in [0.15, 0.2) is 18.2 Å². The number of anilines is 2. The van der Waals surface area contributed by atoms with Gasteiger partial charge in [0.2, 0.25) is 5.88 Å². The summed E-state index contributed by atoms with van der Waals surface area (Å²) in [6.07, 6.45) is 0.966. The Hall–Kier alpha value is -3.25. The maximum Gasteiger partial charge on any atom is 0.234 e. The molecule has 2 aromatic rings. The molecule has 3 rings (SSSR count). The van der Waals surface area contributed by atoms with Crippen molar-refractivity contribution in [3.8, 4) is 29.1 Å². The summed E-state index contributed by atoms with van der Waals surface area (Å²) in [5, 5.41) is 22.1. The van der Waals surface area contributed by atoms with E-state index in [9.17, 15) is 10.5 Å². The summed E-state index contributed by atoms with van der Waals surface area (Å²) in [6, 6.07) is 9.93. The summed E-state index contributed by atoms with van der Waals surface area (Å²) in [7, 11) is 1.42. The molecule has 6 nitrogen and oxygen atoms in total. The van der Waals surface area contributed by atoms with Gasteiger partial charge in [0, 0.05) is 17.8 Å². The van der Waals surface area contributed by atoms with E-state index >= 15 is 0 Å². The summed E-state index contributed by atoms with van der Waals surface area (Å²) in [6.45, 7) is 0.886. The molecule has 6 heteroatoms. The van der Waals surface area contributed by atoms with Gasteiger partial charge in [0.15, 0.2) is 0 Å². The van der Waals surface area contributed by atoms with Crippen molar-refractivity contribution < 1.29 is 4.74 Å². The molecule has 1 aromatic carbocycles. The fourth-order valence-electron chi connectivity index (χ4n) is 2.68. The molecular formula is C16H13N5O. The number of hydrogen-bond acceptors (Lipinski definition) is 6. The zero-order valence-electron chi connectivity index (χ0n) is 12.0. The highest BCUT2D eigenvalue weighted by atomic mass is 16.5. The molecule has 3 N–H and O–H groups in total. The van der Waals surface area contributed by atoms with Gasteiger partial charge in [0.25, 0.3) is 0 Å². The zero-order chi connectivity index (χ0) is 15.7. The number of benzene rings is 1. The smallest absolute Gasteiger partial charge is 0.234 e. The Kier molecular flexibility index (Phi) is 3.28. The quantitative estimate of drug-likeness (QED) is 0.876. The highest BCUT2D eigenvalue weighted by molar-refractivity contribution is 5.84. The Morgan fingerprint density at radius 3 is 2.73 bits per heavy atom. The number of ether oxygens (including phenoxy) is 1. The average molecular weight is 291 g/mol. The number of hydrogen-bond donors (Lipinski definition) is 2. The second-order valence-electron chi connectivity index (χ2n) is 4.90. The van der Waals surface area contributed by atoms with Crippen molar-refractivity contribution >= 4 is 11.5 Å². The zero-order valence-corrected chi connectivity index (χ0v) is 12.0. The van der Waals surface area contributed by atoms with Crippen LogP contribution in [0.25, 0.3) is 11.1 Å². The summed E-state index contributed by atoms with van der Waals surface area (Å²) >= 11 is 0. The van der Waals surface area contributed by atoms with Crippen LogP contribution in [0.2, 0.25) is 0 Å². The van der Waals surface area contributed by atoms with Gasteiger partial charge in [0.1, 0.15) is 29.1 Å². The number of fused-ring (bicyclic) bond motifs is 1. The molecule has 0 amide bonds. The van der Waals surface area contributed by atoms with Gasteiger partial charge < -0.3 is 15.8 Å². The summed E-state index contributed by atoms with van der Waals surface area (Å²) < 4.78 is 5.13. The van der Waals surface area contributed by atoms with Gasteiger partial charge in [-0.25, -0.2) is 0 Å². The second-order valence-corrected chi connectivity index (χ2v) is 4.90. The van der Waals surface area contributed by atoms with Crippen LogP contribution in [-0.2, 0) is 6.42 Å². The Morgan fingerprint density at radius 1 is 1.27 bits per heavy atom. The normalized spacial score (nSPS) is 12.0. The largest absolute Gasteiger partial charge is 0.480 e. The number of nitrogen functional groups attached to an aromatic ring is 1. The lowest BCUT2D eigenvalue weighted by Crippen LogP contribution is -2.04. The molecule has 1 aliphatic heterocycles. The Labute approximate surface area is 127 Å². The maximum atomic E-state index is 9.46. The molecule has 0 spiro atoms. The number of rotatable bonds is 2. The van der Waals surface area contributed by atoms with Gasteiger partial charge in [-0.1, -0.05) is 12.1 Å². The Balaban J connectivity index is 2.32. The van der Waals surface area contributed by atoms with E-state index in [1.54, 1.807) is 0 Å². The van der Waals surface area contributed by atoms with Gasteiger partial charge in [-0.05, 0) is 23.6 Å². The average Bonchev–Trinajstić information content (AvgIpc) is 3.01. The molecule has 2 heterocycles. The molecule has 1 aromatic heterocycles. The molecule has 108 valence electrons. The van der Waals surface area contributed by atoms with Crippen LogP contribution in [0.3, 0.4) is 0 Å². The molecule has 22 heavy (non-hydrogen) atoms. The highest BCUT2D eigenvalue weighted by Crippen LogP contribution is 2.37. The molecule has 1 aliphatic rings. The lowest BCUT2D eigenvalue weighted by atomic mass is 9.95. The van der Waals surface area contributed by atoms with E-state index in [1.165, 1.54) is 12.7 Å². The van der Waals surface area contributed by atoms with Crippen LogP contribution in [-0.4, -0.2) is 18.6 Å². The van der Waals surface area contributed by atoms with Gasteiger partial charge >= 0.3 is 0 Å². The first-order valence-electron chi connectivity index (χ1n) is 6.74. The minimum absolute atomic E-state index is 0.0572. The van der Waals surface area contributed by atoms with E-state index in [2.05, 4.69) is 16.4 Å². The predicted octanol–water partition coefficient (Wildman–Crippen LogP) is 2.05. The first-order chi connectivity index (χ1) is 10.7. The molecule has 0 bridgehead atoms. The first kappa shape index (κ1) is 13.7. The van der Waals surface area contributed by atoms with Crippen molar-refractivity contribution in [1.82, 2.24) is 4.98 Å². The van der Waals surface area contributed by atoms with Gasteiger partial charge in [-0.2, -0.15) is 15.5 Å². The van der Waals surface area contributed by atoms with Crippen molar-refractivity contribution in [2.45, 2.75) is 6.42 Å². The van der Waals surface area contributed by atoms with Crippen LogP contribution in [0.1, 0.15) is 16.7 Å². The van der Waals surface area contributed by atoms with E-state index < -0.39 is 0 Å². The van der Waals surface area contributed by atoms with Crippen molar-refractivity contribution in [2.75, 3.05) is 24.7 Å². The lowest BCUT2D eigenvalue weighted by molar-refractivity contribution is 0.397. The van der Waals surface area contributed by atoms with Crippen molar-refractivity contribution in [1.29, 1.82) is 10.5 Å². The molecule has 0 unspecified atom stereocenters. The first-order valence-corrected chi connectivity index (χ1v) is 6.74. The molecule has 0 atom stereocenters. The van der Waals surface area contributed by atoms with E-state index in [1.807, 2.05) is 24.3 Å². The Morgan fingerprint density at radius 2 is 2.05 bits per heavy atom. The molecular weight excluding hydrogens is 278 g/mol. The molecule has 0 saturated heterocycles. The van der Waals surface area contributed by atoms with Crippen molar-refractivity contribution in [3.63, 3.8) is 0 Å². The monoisotopic (exact) mass is 291 g/mol. The van der Waals surface area contributed by atoms with Crippen LogP contribution < -0.4 is 15.8 Å². The number of methoxy groups -OCH3 is 1. The number of aromatic nitrogens is 1. The van der Waals surface area contributed by atoms with Crippen LogP contribution in [0.5, 0.6) is 5.88 Å². The van der Waals surface area contributed by atoms with E-state index in [-0.39, 0.29) is 22.8 Å². The molecule has 0 aliphatic carbocycles. The van der Waals surface area contributed by atoms with Crippen LogP contribution >= 0.6 is 0 Å². The number of nitrogens with two attached hydrogens (primary N) is 1. The van der Waals surface area contributed by atoms with Gasteiger partial charge in [0.05, 0.1) is 7.11 Å². The number of nitriles is 2. The third-order valence-corrected chi connectivity index (χ3v) is 3.72. The third-order valence-electron chi connectivity index (χ3n) is 3.72. The molecule has 0 radical (unpaired) electrons. The fraction of sp³-hybridized carbons (Fsp3) is 0.188. The number of nitrogens with zero attached hydrogens (tertiary/aromatic N) is 3. The van der Waals surface area contributed by atoms with E-state index in [4.69, 9.17) is 10.5 Å². The lowest BCUT2D eigenvalue weighted by Gasteiger charge is -2.13. The van der Waals surface area contributed by atoms with E-state index in [0.29, 0.717) is 5.56 Å². The SMILES string of the molecule is COc1nc(N)c(C#N)c(-c2ccc3c(c2)NCC3)c1C#N. The van der Waals surface area contributed by atoms with Crippen molar-refractivity contribution in [3.05, 3.63) is 34.9 Å². The Bertz CT molecular complexity index is 845. The topological polar surface area (TPSA) is 108 Å². The van der Waals surface area contributed by atoms with Gasteiger partial charge in [-0.3, -0.25) is 0 Å². The fourth-order valence-corrected chi connectivity index (χ4v) is 2.68. The maximum absolute atomic E-state index is 9.46. The minimum atomic E-state index is 0.0572. The van der Waals surface area contributed by atoms with E-state index in [0.717, 1.165) is 24.2 Å². The highest BCUT2D eigenvalue weighted by Gasteiger charge is 2.22. The predicted molar refractivity (Wildman–Crippen MR) is 82.3 cm³/mol. The van der Waals surface area contributed by atoms with Crippen molar-refractivity contribution in [2.24, 2.45) is 0 Å². The summed E-state index contributed by atoms with van der Waals surface area (Å²) in [5.41, 5.74) is 9.69. The number of pyridine rings is 1. The summed E-state index contributed by atoms with van der Waals surface area (Å²) in [5.74, 6) is 0.185. The molecule has 0 saturated carbocycles. The van der Waals surface area contributed by atoms with Crippen LogP contribution in [0, 0.1) is 22.7 Å². The van der Waals surface area contributed by atoms with Crippen LogP contribution in [0.4, 0.5) is 11.5 Å².